The Bertz CT molecular complexity index is 534. The summed E-state index contributed by atoms with van der Waals surface area (Å²) in [5, 5.41) is 18.4. The van der Waals surface area contributed by atoms with Crippen molar-refractivity contribution >= 4 is 5.69 Å². The molecule has 0 aromatic heterocycles. The fourth-order valence-corrected chi connectivity index (χ4v) is 2.50. The zero-order valence-corrected chi connectivity index (χ0v) is 11.0. The highest BCUT2D eigenvalue weighted by Gasteiger charge is 2.37. The summed E-state index contributed by atoms with van der Waals surface area (Å²) in [6.07, 6.45) is -4.36. The summed E-state index contributed by atoms with van der Waals surface area (Å²) in [7, 11) is 0. The first-order valence-corrected chi connectivity index (χ1v) is 6.37. The van der Waals surface area contributed by atoms with Gasteiger partial charge in [0.25, 0.3) is 0 Å². The molecule has 0 amide bonds. The third-order valence-corrected chi connectivity index (χ3v) is 3.68. The van der Waals surface area contributed by atoms with E-state index < -0.39 is 17.8 Å². The molecule has 1 fully saturated rings. The predicted molar refractivity (Wildman–Crippen MR) is 68.2 cm³/mol. The number of hydrogen-bond acceptors (Lipinski definition) is 3. The Balaban J connectivity index is 2.37. The topological polar surface area (TPSA) is 47.3 Å². The van der Waals surface area contributed by atoms with Crippen LogP contribution in [0.2, 0.25) is 0 Å². The summed E-state index contributed by atoms with van der Waals surface area (Å²) < 4.78 is 39.1. The molecule has 0 radical (unpaired) electrons. The van der Waals surface area contributed by atoms with Crippen molar-refractivity contribution in [3.8, 4) is 6.07 Å². The molecule has 0 saturated carbocycles. The lowest BCUT2D eigenvalue weighted by atomic mass is 10.0. The molecule has 0 bridgehead atoms. The molecule has 0 aliphatic carbocycles. The number of aliphatic hydroxyl groups is 1. The third kappa shape index (κ3) is 2.88. The van der Waals surface area contributed by atoms with E-state index in [1.54, 1.807) is 11.8 Å². The van der Waals surface area contributed by atoms with E-state index in [2.05, 4.69) is 0 Å². The zero-order valence-electron chi connectivity index (χ0n) is 11.0. The molecule has 2 rings (SSSR count). The minimum absolute atomic E-state index is 0.0275. The number of alkyl halides is 3. The molecule has 0 spiro atoms. The highest BCUT2D eigenvalue weighted by atomic mass is 19.4. The van der Waals surface area contributed by atoms with Crippen LogP contribution in [0.1, 0.15) is 24.5 Å². The number of aliphatic hydroxyl groups excluding tert-OH is 1. The SMILES string of the molecule is C[C@H](O)[C@H]1CCN(c2cc(C#N)ccc2C(F)(F)F)C1. The van der Waals surface area contributed by atoms with Gasteiger partial charge in [-0.1, -0.05) is 0 Å². The second-order valence-electron chi connectivity index (χ2n) is 5.08. The van der Waals surface area contributed by atoms with Crippen LogP contribution in [0.4, 0.5) is 18.9 Å². The summed E-state index contributed by atoms with van der Waals surface area (Å²) in [6, 6.07) is 5.25. The van der Waals surface area contributed by atoms with Gasteiger partial charge in [-0.2, -0.15) is 18.4 Å². The minimum Gasteiger partial charge on any atom is -0.393 e. The lowest BCUT2D eigenvalue weighted by Crippen LogP contribution is -2.26. The molecular weight excluding hydrogens is 269 g/mol. The van der Waals surface area contributed by atoms with Gasteiger partial charge in [0, 0.05) is 19.0 Å². The number of halogens is 3. The number of rotatable bonds is 2. The average molecular weight is 284 g/mol. The van der Waals surface area contributed by atoms with Crippen molar-refractivity contribution in [2.45, 2.75) is 25.6 Å². The van der Waals surface area contributed by atoms with Gasteiger partial charge >= 0.3 is 6.18 Å². The lowest BCUT2D eigenvalue weighted by molar-refractivity contribution is -0.137. The van der Waals surface area contributed by atoms with Gasteiger partial charge in [-0.3, -0.25) is 0 Å². The molecule has 3 nitrogen and oxygen atoms in total. The minimum atomic E-state index is -4.45. The Morgan fingerprint density at radius 2 is 2.15 bits per heavy atom. The van der Waals surface area contributed by atoms with E-state index >= 15 is 0 Å². The van der Waals surface area contributed by atoms with Gasteiger partial charge in [0.05, 0.1) is 29.0 Å². The van der Waals surface area contributed by atoms with Crippen molar-refractivity contribution in [2.75, 3.05) is 18.0 Å². The average Bonchev–Trinajstić information content (AvgIpc) is 2.86. The van der Waals surface area contributed by atoms with Gasteiger partial charge in [0.2, 0.25) is 0 Å². The molecule has 2 atom stereocenters. The summed E-state index contributed by atoms with van der Waals surface area (Å²) in [6.45, 7) is 2.47. The van der Waals surface area contributed by atoms with Crippen LogP contribution in [0.15, 0.2) is 18.2 Å². The van der Waals surface area contributed by atoms with E-state index in [0.717, 1.165) is 6.07 Å². The van der Waals surface area contributed by atoms with Crippen LogP contribution in [0, 0.1) is 17.2 Å². The molecule has 1 heterocycles. The van der Waals surface area contributed by atoms with Crippen LogP contribution >= 0.6 is 0 Å². The standard InChI is InChI=1S/C14H15F3N2O/c1-9(20)11-4-5-19(8-11)13-6-10(7-18)2-3-12(13)14(15,16)17/h2-3,6,9,11,20H,4-5,8H2,1H3/t9-,11-/m0/s1. The second kappa shape index (κ2) is 5.33. The summed E-state index contributed by atoms with van der Waals surface area (Å²) in [5.74, 6) is -0.0400. The van der Waals surface area contributed by atoms with Gasteiger partial charge < -0.3 is 10.0 Å². The highest BCUT2D eigenvalue weighted by Crippen LogP contribution is 2.39. The largest absolute Gasteiger partial charge is 0.418 e. The number of hydrogen-bond donors (Lipinski definition) is 1. The molecule has 108 valence electrons. The lowest BCUT2D eigenvalue weighted by Gasteiger charge is -2.24. The molecule has 1 aromatic rings. The quantitative estimate of drug-likeness (QED) is 0.908. The van der Waals surface area contributed by atoms with Crippen molar-refractivity contribution in [3.05, 3.63) is 29.3 Å². The number of nitriles is 1. The zero-order chi connectivity index (χ0) is 14.9. The molecule has 1 aliphatic heterocycles. The van der Waals surface area contributed by atoms with E-state index in [0.29, 0.717) is 19.5 Å². The number of benzene rings is 1. The van der Waals surface area contributed by atoms with E-state index in [-0.39, 0.29) is 17.2 Å². The Morgan fingerprint density at radius 1 is 1.45 bits per heavy atom. The maximum atomic E-state index is 13.0. The smallest absolute Gasteiger partial charge is 0.393 e. The summed E-state index contributed by atoms with van der Waals surface area (Å²) >= 11 is 0. The molecule has 1 N–H and O–H groups in total. The van der Waals surface area contributed by atoms with Crippen LogP contribution in [0.5, 0.6) is 0 Å². The summed E-state index contributed by atoms with van der Waals surface area (Å²) in [5.41, 5.74) is -0.504. The molecule has 20 heavy (non-hydrogen) atoms. The maximum Gasteiger partial charge on any atom is 0.418 e. The molecule has 1 saturated heterocycles. The Labute approximate surface area is 115 Å². The maximum absolute atomic E-state index is 13.0. The first-order chi connectivity index (χ1) is 9.32. The van der Waals surface area contributed by atoms with Crippen LogP contribution in [-0.4, -0.2) is 24.3 Å². The van der Waals surface area contributed by atoms with Crippen molar-refractivity contribution in [1.29, 1.82) is 5.26 Å². The van der Waals surface area contributed by atoms with Crippen LogP contribution < -0.4 is 4.90 Å². The predicted octanol–water partition coefficient (Wildman–Crippen LogP) is 2.78. The van der Waals surface area contributed by atoms with Crippen molar-refractivity contribution in [3.63, 3.8) is 0 Å². The normalized spacial score (nSPS) is 20.8. The van der Waals surface area contributed by atoms with Crippen molar-refractivity contribution in [2.24, 2.45) is 5.92 Å². The van der Waals surface area contributed by atoms with Gasteiger partial charge in [-0.15, -0.1) is 0 Å². The van der Waals surface area contributed by atoms with Crippen LogP contribution in [0.3, 0.4) is 0 Å². The Hall–Kier alpha value is -1.74. The van der Waals surface area contributed by atoms with Gasteiger partial charge in [0.1, 0.15) is 0 Å². The van der Waals surface area contributed by atoms with E-state index in [4.69, 9.17) is 5.26 Å². The molecule has 0 unspecified atom stereocenters. The highest BCUT2D eigenvalue weighted by molar-refractivity contribution is 5.59. The van der Waals surface area contributed by atoms with Gasteiger partial charge in [-0.25, -0.2) is 0 Å². The first kappa shape index (κ1) is 14.7. The van der Waals surface area contributed by atoms with Gasteiger partial charge in [-0.05, 0) is 31.5 Å². The third-order valence-electron chi connectivity index (χ3n) is 3.68. The van der Waals surface area contributed by atoms with Crippen molar-refractivity contribution < 1.29 is 18.3 Å². The van der Waals surface area contributed by atoms with E-state index in [9.17, 15) is 18.3 Å². The Morgan fingerprint density at radius 3 is 2.65 bits per heavy atom. The van der Waals surface area contributed by atoms with Crippen LogP contribution in [-0.2, 0) is 6.18 Å². The second-order valence-corrected chi connectivity index (χ2v) is 5.08. The van der Waals surface area contributed by atoms with Gasteiger partial charge in [0.15, 0.2) is 0 Å². The van der Waals surface area contributed by atoms with Crippen molar-refractivity contribution in [1.82, 2.24) is 0 Å². The van der Waals surface area contributed by atoms with Crippen LogP contribution in [0.25, 0.3) is 0 Å². The van der Waals surface area contributed by atoms with E-state index in [1.807, 2.05) is 6.07 Å². The molecular formula is C14H15F3N2O. The number of anilines is 1. The monoisotopic (exact) mass is 284 g/mol. The summed E-state index contributed by atoms with van der Waals surface area (Å²) in [4.78, 5) is 1.60. The number of nitrogens with zero attached hydrogens (tertiary/aromatic N) is 2. The molecule has 6 heteroatoms. The first-order valence-electron chi connectivity index (χ1n) is 6.37. The Kier molecular flexibility index (Phi) is 3.91. The molecule has 1 aromatic carbocycles. The molecule has 1 aliphatic rings. The fourth-order valence-electron chi connectivity index (χ4n) is 2.50. The fraction of sp³-hybridized carbons (Fsp3) is 0.500. The van der Waals surface area contributed by atoms with E-state index in [1.165, 1.54) is 12.1 Å².